The van der Waals surface area contributed by atoms with Crippen molar-refractivity contribution in [3.05, 3.63) is 25.1 Å². The number of nitrogens with one attached hydrogen (secondary N) is 1. The number of rotatable bonds is 4. The van der Waals surface area contributed by atoms with Crippen molar-refractivity contribution in [1.29, 1.82) is 0 Å². The van der Waals surface area contributed by atoms with E-state index < -0.39 is 0 Å². The first kappa shape index (κ1) is 9.64. The second-order valence-corrected chi connectivity index (χ2v) is 3.22. The lowest BCUT2D eigenvalue weighted by Crippen LogP contribution is -2.18. The summed E-state index contributed by atoms with van der Waals surface area (Å²) in [5.74, 6) is 1.19. The van der Waals surface area contributed by atoms with Crippen molar-refractivity contribution < 1.29 is 0 Å². The van der Waals surface area contributed by atoms with Crippen LogP contribution in [0.1, 0.15) is 19.7 Å². The fourth-order valence-electron chi connectivity index (χ4n) is 0.801. The van der Waals surface area contributed by atoms with Gasteiger partial charge in [0.2, 0.25) is 0 Å². The molecule has 4 nitrogen and oxygen atoms in total. The van der Waals surface area contributed by atoms with Gasteiger partial charge in [-0.15, -0.1) is 0 Å². The van der Waals surface area contributed by atoms with Crippen LogP contribution in [0, 0.1) is 5.92 Å². The molecule has 0 bridgehead atoms. The van der Waals surface area contributed by atoms with Gasteiger partial charge in [-0.3, -0.25) is 0 Å². The fourth-order valence-corrected chi connectivity index (χ4v) is 0.801. The van der Waals surface area contributed by atoms with Gasteiger partial charge in [-0.1, -0.05) is 20.4 Å². The lowest BCUT2D eigenvalue weighted by Gasteiger charge is -2.09. The minimum Gasteiger partial charge on any atom is -0.382 e. The minimum absolute atomic E-state index is 0.582. The van der Waals surface area contributed by atoms with E-state index in [-0.39, 0.29) is 0 Å². The second-order valence-electron chi connectivity index (χ2n) is 3.22. The van der Waals surface area contributed by atoms with Crippen LogP contribution >= 0.6 is 0 Å². The molecule has 0 spiro atoms. The standard InChI is InChI=1S/C9H14N4/c1-7(2)4-11-8(3)9-12-5-10-6-13-9/h5-7,11H,3-4H2,1-2H3. The Kier molecular flexibility index (Phi) is 3.37. The maximum absolute atomic E-state index is 3.97. The zero-order valence-electron chi connectivity index (χ0n) is 7.99. The summed E-state index contributed by atoms with van der Waals surface area (Å²) in [6.07, 6.45) is 2.93. The summed E-state index contributed by atoms with van der Waals surface area (Å²) in [7, 11) is 0. The van der Waals surface area contributed by atoms with Crippen LogP contribution in [0.4, 0.5) is 0 Å². The third-order valence-corrected chi connectivity index (χ3v) is 1.49. The molecular formula is C9H14N4. The topological polar surface area (TPSA) is 50.7 Å². The zero-order valence-corrected chi connectivity index (χ0v) is 7.99. The predicted octanol–water partition coefficient (Wildman–Crippen LogP) is 1.09. The molecule has 1 heterocycles. The van der Waals surface area contributed by atoms with Crippen LogP contribution in [-0.4, -0.2) is 21.5 Å². The molecule has 1 rings (SSSR count). The Labute approximate surface area is 78.1 Å². The van der Waals surface area contributed by atoms with E-state index in [0.717, 1.165) is 12.2 Å². The molecule has 4 heteroatoms. The van der Waals surface area contributed by atoms with Gasteiger partial charge in [-0.2, -0.15) is 0 Å². The molecule has 0 aromatic carbocycles. The molecule has 13 heavy (non-hydrogen) atoms. The zero-order chi connectivity index (χ0) is 9.68. The van der Waals surface area contributed by atoms with Gasteiger partial charge in [-0.05, 0) is 5.92 Å². The van der Waals surface area contributed by atoms with Crippen LogP contribution in [0.25, 0.3) is 5.70 Å². The van der Waals surface area contributed by atoms with Crippen LogP contribution in [0.5, 0.6) is 0 Å². The molecule has 0 atom stereocenters. The Bertz CT molecular complexity index is 268. The van der Waals surface area contributed by atoms with Gasteiger partial charge in [-0.25, -0.2) is 15.0 Å². The molecule has 0 saturated carbocycles. The van der Waals surface area contributed by atoms with Crippen molar-refractivity contribution in [2.75, 3.05) is 6.54 Å². The molecule has 0 aliphatic carbocycles. The molecule has 0 unspecified atom stereocenters. The normalized spacial score (nSPS) is 10.1. The van der Waals surface area contributed by atoms with Gasteiger partial charge in [0, 0.05) is 6.54 Å². The predicted molar refractivity (Wildman–Crippen MR) is 51.7 cm³/mol. The van der Waals surface area contributed by atoms with Gasteiger partial charge >= 0.3 is 0 Å². The third-order valence-electron chi connectivity index (χ3n) is 1.49. The van der Waals surface area contributed by atoms with E-state index in [1.165, 1.54) is 12.7 Å². The lowest BCUT2D eigenvalue weighted by molar-refractivity contribution is 0.616. The van der Waals surface area contributed by atoms with Crippen molar-refractivity contribution in [3.63, 3.8) is 0 Å². The Hall–Kier alpha value is -1.45. The first-order chi connectivity index (χ1) is 6.20. The Morgan fingerprint density at radius 3 is 2.62 bits per heavy atom. The Balaban J connectivity index is 2.50. The Morgan fingerprint density at radius 1 is 1.46 bits per heavy atom. The molecule has 70 valence electrons. The van der Waals surface area contributed by atoms with Crippen molar-refractivity contribution in [2.24, 2.45) is 5.92 Å². The highest BCUT2D eigenvalue weighted by atomic mass is 15.0. The largest absolute Gasteiger partial charge is 0.382 e. The highest BCUT2D eigenvalue weighted by Gasteiger charge is 2.00. The van der Waals surface area contributed by atoms with Gasteiger partial charge in [0.25, 0.3) is 0 Å². The third kappa shape index (κ3) is 3.19. The molecule has 0 radical (unpaired) electrons. The van der Waals surface area contributed by atoms with Crippen LogP contribution in [-0.2, 0) is 0 Å². The molecule has 0 aliphatic heterocycles. The highest BCUT2D eigenvalue weighted by molar-refractivity contribution is 5.53. The molecule has 0 saturated heterocycles. The van der Waals surface area contributed by atoms with E-state index in [4.69, 9.17) is 0 Å². The molecule has 1 aromatic rings. The summed E-state index contributed by atoms with van der Waals surface area (Å²) in [5.41, 5.74) is 0.746. The van der Waals surface area contributed by atoms with E-state index >= 15 is 0 Å². The quantitative estimate of drug-likeness (QED) is 0.749. The minimum atomic E-state index is 0.582. The summed E-state index contributed by atoms with van der Waals surface area (Å²) in [6.45, 7) is 8.98. The van der Waals surface area contributed by atoms with Crippen LogP contribution in [0.15, 0.2) is 19.2 Å². The summed E-state index contributed by atoms with van der Waals surface area (Å²) < 4.78 is 0. The summed E-state index contributed by atoms with van der Waals surface area (Å²) in [6, 6.07) is 0. The van der Waals surface area contributed by atoms with Crippen molar-refractivity contribution in [1.82, 2.24) is 20.3 Å². The van der Waals surface area contributed by atoms with Gasteiger partial charge in [0.05, 0.1) is 5.70 Å². The van der Waals surface area contributed by atoms with E-state index in [1.54, 1.807) is 0 Å². The molecular weight excluding hydrogens is 164 g/mol. The number of aromatic nitrogens is 3. The lowest BCUT2D eigenvalue weighted by atomic mass is 10.2. The van der Waals surface area contributed by atoms with Crippen molar-refractivity contribution in [2.45, 2.75) is 13.8 Å². The molecule has 0 amide bonds. The van der Waals surface area contributed by atoms with Gasteiger partial charge < -0.3 is 5.32 Å². The maximum atomic E-state index is 3.97. The highest BCUT2D eigenvalue weighted by Crippen LogP contribution is 2.00. The summed E-state index contributed by atoms with van der Waals surface area (Å²) in [5, 5.41) is 3.15. The number of hydrogen-bond acceptors (Lipinski definition) is 4. The monoisotopic (exact) mass is 178 g/mol. The second kappa shape index (κ2) is 4.54. The maximum Gasteiger partial charge on any atom is 0.177 e. The van der Waals surface area contributed by atoms with E-state index in [9.17, 15) is 0 Å². The Morgan fingerprint density at radius 2 is 2.08 bits per heavy atom. The van der Waals surface area contributed by atoms with E-state index in [0.29, 0.717) is 11.7 Å². The number of nitrogens with zero attached hydrogens (tertiary/aromatic N) is 3. The average Bonchev–Trinajstić information content (AvgIpc) is 2.15. The van der Waals surface area contributed by atoms with E-state index in [1.807, 2.05) is 0 Å². The smallest absolute Gasteiger partial charge is 0.177 e. The first-order valence-corrected chi connectivity index (χ1v) is 4.25. The van der Waals surface area contributed by atoms with Crippen LogP contribution < -0.4 is 5.32 Å². The number of hydrogen-bond donors (Lipinski definition) is 1. The van der Waals surface area contributed by atoms with Crippen molar-refractivity contribution in [3.8, 4) is 0 Å². The van der Waals surface area contributed by atoms with Gasteiger partial charge in [0.15, 0.2) is 5.82 Å². The van der Waals surface area contributed by atoms with Crippen LogP contribution in [0.3, 0.4) is 0 Å². The van der Waals surface area contributed by atoms with Crippen LogP contribution in [0.2, 0.25) is 0 Å². The summed E-state index contributed by atoms with van der Waals surface area (Å²) in [4.78, 5) is 11.7. The molecule has 1 aromatic heterocycles. The summed E-state index contributed by atoms with van der Waals surface area (Å²) >= 11 is 0. The fraction of sp³-hybridized carbons (Fsp3) is 0.444. The van der Waals surface area contributed by atoms with Gasteiger partial charge in [0.1, 0.15) is 12.7 Å². The molecule has 0 fully saturated rings. The average molecular weight is 178 g/mol. The van der Waals surface area contributed by atoms with Crippen molar-refractivity contribution >= 4 is 5.70 Å². The molecule has 0 aliphatic rings. The molecule has 1 N–H and O–H groups in total. The van der Waals surface area contributed by atoms with E-state index in [2.05, 4.69) is 40.7 Å². The first-order valence-electron chi connectivity index (χ1n) is 4.25. The SMILES string of the molecule is C=C(NCC(C)C)c1ncncn1.